The van der Waals surface area contributed by atoms with Crippen molar-refractivity contribution in [2.24, 2.45) is 0 Å². The van der Waals surface area contributed by atoms with E-state index in [1.165, 1.54) is 6.20 Å². The molecule has 1 aliphatic rings. The van der Waals surface area contributed by atoms with Crippen molar-refractivity contribution in [3.8, 4) is 0 Å². The van der Waals surface area contributed by atoms with E-state index in [9.17, 15) is 3.89 Å². The van der Waals surface area contributed by atoms with Crippen molar-refractivity contribution in [2.45, 2.75) is 38.9 Å². The highest BCUT2D eigenvalue weighted by Gasteiger charge is 2.52. The molecule has 1 aromatic rings. The van der Waals surface area contributed by atoms with Crippen molar-refractivity contribution in [1.82, 2.24) is 9.19 Å². The molecule has 4 nitrogen and oxygen atoms in total. The lowest BCUT2D eigenvalue weighted by Gasteiger charge is -2.32. The summed E-state index contributed by atoms with van der Waals surface area (Å²) < 4.78 is 25.3. The van der Waals surface area contributed by atoms with Crippen LogP contribution in [0.5, 0.6) is 0 Å². The minimum atomic E-state index is -0.573. The van der Waals surface area contributed by atoms with Crippen LogP contribution in [0.1, 0.15) is 27.7 Å². The monoisotopic (exact) mass is 244 g/mol. The van der Waals surface area contributed by atoms with Crippen LogP contribution in [0.3, 0.4) is 0 Å². The fourth-order valence-corrected chi connectivity index (χ4v) is 1.81. The Labute approximate surface area is 99.1 Å². The molecule has 0 bridgehead atoms. The number of halogens is 1. The minimum absolute atomic E-state index is 0.0348. The molecule has 16 heavy (non-hydrogen) atoms. The molecule has 2 heterocycles. The normalized spacial score (nSPS) is 22.7. The van der Waals surface area contributed by atoms with E-state index >= 15 is 0 Å². The number of aromatic nitrogens is 2. The van der Waals surface area contributed by atoms with E-state index < -0.39 is 18.3 Å². The Balaban J connectivity index is 2.27. The number of hydrogen-bond acceptors (Lipinski definition) is 4. The predicted molar refractivity (Wildman–Crippen MR) is 62.0 cm³/mol. The van der Waals surface area contributed by atoms with E-state index in [0.29, 0.717) is 5.59 Å². The quantitative estimate of drug-likeness (QED) is 0.740. The zero-order chi connectivity index (χ0) is 12.0. The van der Waals surface area contributed by atoms with Crippen molar-refractivity contribution in [3.05, 3.63) is 12.3 Å². The van der Waals surface area contributed by atoms with E-state index in [2.05, 4.69) is 5.10 Å². The second-order valence-corrected chi connectivity index (χ2v) is 5.27. The summed E-state index contributed by atoms with van der Waals surface area (Å²) in [6.45, 7) is 7.82. The molecule has 0 atom stereocenters. The molecule has 0 spiro atoms. The number of nitrogens with zero attached hydrogens (tertiary/aromatic N) is 2. The average Bonchev–Trinajstić information content (AvgIpc) is 2.69. The molecule has 0 radical (unpaired) electrons. The van der Waals surface area contributed by atoms with Crippen LogP contribution in [-0.2, 0) is 9.31 Å². The van der Waals surface area contributed by atoms with Gasteiger partial charge in [0.1, 0.15) is 0 Å². The fourth-order valence-electron chi connectivity index (χ4n) is 1.49. The van der Waals surface area contributed by atoms with Crippen molar-refractivity contribution in [1.29, 1.82) is 0 Å². The van der Waals surface area contributed by atoms with Gasteiger partial charge in [-0.2, -0.15) is 9.19 Å². The zero-order valence-electron chi connectivity index (χ0n) is 9.73. The first kappa shape index (κ1) is 11.9. The lowest BCUT2D eigenvalue weighted by Crippen LogP contribution is -2.41. The standard InChI is InChI=1S/C9H14BFN2O2S/c1-8(2)9(3,4)15-10(14-8)7-5-6-12-13(7)16-11/h5-6H,1-4H3. The van der Waals surface area contributed by atoms with E-state index in [4.69, 9.17) is 9.31 Å². The van der Waals surface area contributed by atoms with E-state index in [-0.39, 0.29) is 12.3 Å². The predicted octanol–water partition coefficient (Wildman–Crippen LogP) is 1.56. The molecule has 0 unspecified atom stereocenters. The van der Waals surface area contributed by atoms with Crippen LogP contribution in [0.2, 0.25) is 0 Å². The van der Waals surface area contributed by atoms with Crippen LogP contribution in [0, 0.1) is 0 Å². The van der Waals surface area contributed by atoms with Crippen LogP contribution >= 0.6 is 12.3 Å². The highest BCUT2D eigenvalue weighted by atomic mass is 32.2. The molecule has 7 heteroatoms. The van der Waals surface area contributed by atoms with Gasteiger partial charge in [0.15, 0.2) is 12.3 Å². The Bertz CT molecular complexity index is 381. The summed E-state index contributed by atoms with van der Waals surface area (Å²) in [5, 5.41) is 3.82. The fraction of sp³-hybridized carbons (Fsp3) is 0.667. The third-order valence-corrected chi connectivity index (χ3v) is 3.63. The summed E-state index contributed by atoms with van der Waals surface area (Å²) in [6.07, 6.45) is 1.52. The topological polar surface area (TPSA) is 36.3 Å². The maximum Gasteiger partial charge on any atom is 0.515 e. The maximum absolute atomic E-state index is 12.6. The van der Waals surface area contributed by atoms with Gasteiger partial charge in [-0.3, -0.25) is 0 Å². The summed E-state index contributed by atoms with van der Waals surface area (Å²) in [4.78, 5) is 0. The van der Waals surface area contributed by atoms with Gasteiger partial charge < -0.3 is 9.31 Å². The highest BCUT2D eigenvalue weighted by Crippen LogP contribution is 2.36. The van der Waals surface area contributed by atoms with Crippen LogP contribution < -0.4 is 5.59 Å². The summed E-state index contributed by atoms with van der Waals surface area (Å²) in [7, 11) is -0.573. The van der Waals surface area contributed by atoms with Crippen molar-refractivity contribution in [3.63, 3.8) is 0 Å². The molecule has 0 aliphatic carbocycles. The zero-order valence-corrected chi connectivity index (χ0v) is 10.5. The second-order valence-electron chi connectivity index (χ2n) is 4.79. The molecule has 1 fully saturated rings. The Morgan fingerprint density at radius 3 is 2.38 bits per heavy atom. The molecular formula is C9H14BFN2O2S. The lowest BCUT2D eigenvalue weighted by molar-refractivity contribution is 0.00578. The van der Waals surface area contributed by atoms with Gasteiger partial charge in [-0.25, -0.2) is 0 Å². The molecule has 0 amide bonds. The molecular weight excluding hydrogens is 230 g/mol. The van der Waals surface area contributed by atoms with Gasteiger partial charge in [-0.1, -0.05) is 0 Å². The average molecular weight is 244 g/mol. The number of rotatable bonds is 2. The first-order valence-corrected chi connectivity index (χ1v) is 5.73. The number of hydrogen-bond donors (Lipinski definition) is 0. The molecule has 88 valence electrons. The highest BCUT2D eigenvalue weighted by molar-refractivity contribution is 7.92. The van der Waals surface area contributed by atoms with Gasteiger partial charge in [-0.05, 0) is 33.8 Å². The summed E-state index contributed by atoms with van der Waals surface area (Å²) in [6, 6.07) is 1.69. The van der Waals surface area contributed by atoms with Crippen LogP contribution in [0.25, 0.3) is 0 Å². The van der Waals surface area contributed by atoms with E-state index in [1.807, 2.05) is 27.7 Å². The van der Waals surface area contributed by atoms with E-state index in [1.54, 1.807) is 6.07 Å². The third-order valence-electron chi connectivity index (χ3n) is 3.20. The van der Waals surface area contributed by atoms with Crippen LogP contribution in [0.15, 0.2) is 12.3 Å². The van der Waals surface area contributed by atoms with Gasteiger partial charge in [0.2, 0.25) is 0 Å². The maximum atomic E-state index is 12.6. The largest absolute Gasteiger partial charge is 0.515 e. The lowest BCUT2D eigenvalue weighted by atomic mass is 9.85. The van der Waals surface area contributed by atoms with Crippen molar-refractivity contribution < 1.29 is 13.2 Å². The summed E-state index contributed by atoms with van der Waals surface area (Å²) >= 11 is 0.0348. The summed E-state index contributed by atoms with van der Waals surface area (Å²) in [5.74, 6) is 0. The third kappa shape index (κ3) is 1.76. The summed E-state index contributed by atoms with van der Waals surface area (Å²) in [5.41, 5.74) is -0.271. The van der Waals surface area contributed by atoms with Crippen LogP contribution in [-0.4, -0.2) is 27.5 Å². The van der Waals surface area contributed by atoms with Crippen molar-refractivity contribution in [2.75, 3.05) is 0 Å². The van der Waals surface area contributed by atoms with Gasteiger partial charge in [-0.15, -0.1) is 3.89 Å². The van der Waals surface area contributed by atoms with Crippen LogP contribution in [0.4, 0.5) is 3.89 Å². The Morgan fingerprint density at radius 1 is 1.31 bits per heavy atom. The minimum Gasteiger partial charge on any atom is -0.398 e. The Morgan fingerprint density at radius 2 is 1.88 bits per heavy atom. The first-order chi connectivity index (χ1) is 7.37. The molecule has 1 aliphatic heterocycles. The molecule has 0 aromatic carbocycles. The SMILES string of the molecule is CC1(C)OB(c2ccnn2SF)OC1(C)C. The Kier molecular flexibility index (Phi) is 2.80. The molecule has 1 aromatic heterocycles. The smallest absolute Gasteiger partial charge is 0.398 e. The van der Waals surface area contributed by atoms with E-state index in [0.717, 1.165) is 4.09 Å². The van der Waals surface area contributed by atoms with Gasteiger partial charge >= 0.3 is 7.12 Å². The molecule has 1 saturated heterocycles. The Hall–Kier alpha value is -0.525. The second kappa shape index (κ2) is 3.75. The van der Waals surface area contributed by atoms with Gasteiger partial charge in [0.25, 0.3) is 0 Å². The first-order valence-electron chi connectivity index (χ1n) is 5.06. The van der Waals surface area contributed by atoms with Gasteiger partial charge in [0.05, 0.1) is 16.8 Å². The molecule has 2 rings (SSSR count). The van der Waals surface area contributed by atoms with Gasteiger partial charge in [0, 0.05) is 6.20 Å². The van der Waals surface area contributed by atoms with Crippen molar-refractivity contribution >= 4 is 25.0 Å². The molecule has 0 saturated carbocycles. The molecule has 0 N–H and O–H groups in total.